The lowest BCUT2D eigenvalue weighted by Crippen LogP contribution is -2.21. The molecule has 6 aromatic rings. The maximum absolute atomic E-state index is 13.2. The van der Waals surface area contributed by atoms with Crippen LogP contribution in [-0.4, -0.2) is 34.1 Å². The number of rotatable bonds is 6. The first kappa shape index (κ1) is 26.7. The first-order chi connectivity index (χ1) is 20.2. The smallest absolute Gasteiger partial charge is 0.333 e. The lowest BCUT2D eigenvalue weighted by atomic mass is 9.86. The molecule has 42 heavy (non-hydrogen) atoms. The number of nitrogens with zero attached hydrogens (tertiary/aromatic N) is 6. The molecule has 0 fully saturated rings. The van der Waals surface area contributed by atoms with Crippen molar-refractivity contribution >= 4 is 17.0 Å². The quantitative estimate of drug-likeness (QED) is 0.270. The fourth-order valence-corrected chi connectivity index (χ4v) is 5.06. The summed E-state index contributed by atoms with van der Waals surface area (Å²) in [5.41, 5.74) is 13.5. The van der Waals surface area contributed by atoms with Crippen LogP contribution < -0.4 is 11.4 Å². The molecule has 0 amide bonds. The molecule has 0 saturated heterocycles. The summed E-state index contributed by atoms with van der Waals surface area (Å²) in [5, 5.41) is 0.914. The number of aromatic nitrogens is 7. The second-order valence-corrected chi connectivity index (χ2v) is 10.8. The first-order valence-electron chi connectivity index (χ1n) is 13.6. The van der Waals surface area contributed by atoms with Gasteiger partial charge in [0.1, 0.15) is 5.65 Å². The highest BCUT2D eigenvalue weighted by atomic mass is 16.1. The standard InChI is InChI=1S/C33H30N8O/c1-6-23-16-27(39-31(34)38-23)26-18-37-30-25(26)14-21(17-36-30)20-12-13-35-28(15-20)29-19-40(5)32(42)41(29)24-10-8-22(9-11-24)33(3,4)7-2/h2,8-19H,6H2,1,3-5H3,(H,36,37)(H2,34,38,39). The van der Waals surface area contributed by atoms with Crippen LogP contribution in [0.5, 0.6) is 0 Å². The number of imidazole rings is 1. The van der Waals surface area contributed by atoms with E-state index in [9.17, 15) is 4.79 Å². The Hall–Kier alpha value is -5.49. The van der Waals surface area contributed by atoms with Gasteiger partial charge in [0.15, 0.2) is 0 Å². The summed E-state index contributed by atoms with van der Waals surface area (Å²) in [5.74, 6) is 3.06. The Balaban J connectivity index is 1.42. The summed E-state index contributed by atoms with van der Waals surface area (Å²) in [6.45, 7) is 6.01. The summed E-state index contributed by atoms with van der Waals surface area (Å²) in [7, 11) is 1.73. The molecule has 0 aliphatic heterocycles. The molecule has 0 spiro atoms. The summed E-state index contributed by atoms with van der Waals surface area (Å²) in [4.78, 5) is 34.6. The van der Waals surface area contributed by atoms with Crippen molar-refractivity contribution in [3.05, 3.63) is 95.1 Å². The number of hydrogen-bond acceptors (Lipinski definition) is 6. The zero-order valence-electron chi connectivity index (χ0n) is 23.9. The van der Waals surface area contributed by atoms with Gasteiger partial charge in [0.2, 0.25) is 5.95 Å². The van der Waals surface area contributed by atoms with Gasteiger partial charge in [-0.25, -0.2) is 19.7 Å². The van der Waals surface area contributed by atoms with Gasteiger partial charge in [-0.15, -0.1) is 6.42 Å². The number of nitrogens with two attached hydrogens (primary N) is 1. The minimum absolute atomic E-state index is 0.170. The maximum atomic E-state index is 13.2. The van der Waals surface area contributed by atoms with Gasteiger partial charge in [-0.3, -0.25) is 9.55 Å². The van der Waals surface area contributed by atoms with Crippen LogP contribution >= 0.6 is 0 Å². The molecule has 0 bridgehead atoms. The van der Waals surface area contributed by atoms with E-state index in [0.717, 1.165) is 56.8 Å². The monoisotopic (exact) mass is 554 g/mol. The SMILES string of the molecule is C#CC(C)(C)c1ccc(-n2c(-c3cc(-c4cnc5[nH]cc(-c6cc(CC)nc(N)n6)c5c4)ccn3)cn(C)c2=O)cc1. The molecule has 0 aliphatic carbocycles. The molecule has 0 aliphatic rings. The van der Waals surface area contributed by atoms with E-state index >= 15 is 0 Å². The Labute approximate surface area is 243 Å². The highest BCUT2D eigenvalue weighted by Gasteiger charge is 2.19. The number of nitrogen functional groups attached to an aromatic ring is 1. The number of pyridine rings is 2. The maximum Gasteiger partial charge on any atom is 0.333 e. The normalized spacial score (nSPS) is 11.6. The Kier molecular flexibility index (Phi) is 6.46. The van der Waals surface area contributed by atoms with Gasteiger partial charge in [-0.1, -0.05) is 25.0 Å². The molecule has 0 radical (unpaired) electrons. The van der Waals surface area contributed by atoms with Crippen molar-refractivity contribution in [2.45, 2.75) is 32.6 Å². The van der Waals surface area contributed by atoms with Crippen LogP contribution in [0.1, 0.15) is 32.0 Å². The number of H-pyrrole nitrogens is 1. The van der Waals surface area contributed by atoms with Crippen molar-refractivity contribution in [2.75, 3.05) is 5.73 Å². The number of aryl methyl sites for hydroxylation is 2. The minimum Gasteiger partial charge on any atom is -0.368 e. The van der Waals surface area contributed by atoms with Gasteiger partial charge in [0.05, 0.1) is 28.2 Å². The second kappa shape index (κ2) is 10.2. The Morgan fingerprint density at radius 1 is 1.02 bits per heavy atom. The zero-order valence-corrected chi connectivity index (χ0v) is 23.9. The molecule has 9 heteroatoms. The number of nitrogens with one attached hydrogen (secondary N) is 1. The molecular formula is C33H30N8O. The molecule has 0 atom stereocenters. The summed E-state index contributed by atoms with van der Waals surface area (Å²) >= 11 is 0. The van der Waals surface area contributed by atoms with Gasteiger partial charge >= 0.3 is 5.69 Å². The predicted octanol–water partition coefficient (Wildman–Crippen LogP) is 5.29. The largest absolute Gasteiger partial charge is 0.368 e. The Morgan fingerprint density at radius 3 is 2.55 bits per heavy atom. The summed E-state index contributed by atoms with van der Waals surface area (Å²) < 4.78 is 3.22. The molecule has 0 saturated carbocycles. The fraction of sp³-hybridized carbons (Fsp3) is 0.182. The molecule has 9 nitrogen and oxygen atoms in total. The topological polar surface area (TPSA) is 120 Å². The molecule has 1 aromatic carbocycles. The third-order valence-corrected chi connectivity index (χ3v) is 7.58. The Bertz CT molecular complexity index is 2060. The van der Waals surface area contributed by atoms with E-state index in [4.69, 9.17) is 12.2 Å². The third kappa shape index (κ3) is 4.63. The van der Waals surface area contributed by atoms with E-state index in [2.05, 4.69) is 36.9 Å². The number of hydrogen-bond donors (Lipinski definition) is 2. The molecule has 0 unspecified atom stereocenters. The van der Waals surface area contributed by atoms with Crippen LogP contribution in [0.2, 0.25) is 0 Å². The van der Waals surface area contributed by atoms with E-state index in [-0.39, 0.29) is 11.6 Å². The molecular weight excluding hydrogens is 524 g/mol. The van der Waals surface area contributed by atoms with E-state index in [1.54, 1.807) is 28.6 Å². The average Bonchev–Trinajstić information content (AvgIpc) is 3.57. The van der Waals surface area contributed by atoms with E-state index in [0.29, 0.717) is 11.4 Å². The summed E-state index contributed by atoms with van der Waals surface area (Å²) in [6, 6.07) is 15.7. The van der Waals surface area contributed by atoms with Crippen LogP contribution in [0.15, 0.2) is 78.1 Å². The van der Waals surface area contributed by atoms with Gasteiger partial charge in [0, 0.05) is 54.0 Å². The van der Waals surface area contributed by atoms with Crippen molar-refractivity contribution in [1.29, 1.82) is 0 Å². The molecule has 6 rings (SSSR count). The molecule has 5 heterocycles. The van der Waals surface area contributed by atoms with Crippen molar-refractivity contribution in [1.82, 2.24) is 34.1 Å². The number of aromatic amines is 1. The van der Waals surface area contributed by atoms with Gasteiger partial charge in [-0.2, -0.15) is 0 Å². The van der Waals surface area contributed by atoms with Crippen LogP contribution in [0.25, 0.3) is 50.5 Å². The lowest BCUT2D eigenvalue weighted by Gasteiger charge is -2.18. The van der Waals surface area contributed by atoms with Gasteiger partial charge in [-0.05, 0) is 67.8 Å². The van der Waals surface area contributed by atoms with Crippen molar-refractivity contribution in [3.8, 4) is 51.8 Å². The Morgan fingerprint density at radius 2 is 1.81 bits per heavy atom. The fourth-order valence-electron chi connectivity index (χ4n) is 5.06. The predicted molar refractivity (Wildman–Crippen MR) is 166 cm³/mol. The van der Waals surface area contributed by atoms with Crippen LogP contribution in [-0.2, 0) is 18.9 Å². The number of fused-ring (bicyclic) bond motifs is 1. The second-order valence-electron chi connectivity index (χ2n) is 10.8. The van der Waals surface area contributed by atoms with E-state index in [1.807, 2.05) is 75.6 Å². The molecule has 3 N–H and O–H groups in total. The van der Waals surface area contributed by atoms with Gasteiger partial charge in [0.25, 0.3) is 0 Å². The molecule has 5 aromatic heterocycles. The van der Waals surface area contributed by atoms with E-state index < -0.39 is 5.41 Å². The third-order valence-electron chi connectivity index (χ3n) is 7.58. The highest BCUT2D eigenvalue weighted by molar-refractivity contribution is 5.95. The number of benzene rings is 1. The highest BCUT2D eigenvalue weighted by Crippen LogP contribution is 2.32. The van der Waals surface area contributed by atoms with Crippen LogP contribution in [0.3, 0.4) is 0 Å². The van der Waals surface area contributed by atoms with Crippen LogP contribution in [0.4, 0.5) is 5.95 Å². The number of anilines is 1. The van der Waals surface area contributed by atoms with Crippen LogP contribution in [0, 0.1) is 12.3 Å². The molecule has 208 valence electrons. The first-order valence-corrected chi connectivity index (χ1v) is 13.6. The van der Waals surface area contributed by atoms with E-state index in [1.165, 1.54) is 0 Å². The lowest BCUT2D eigenvalue weighted by molar-refractivity contribution is 0.698. The zero-order chi connectivity index (χ0) is 29.6. The van der Waals surface area contributed by atoms with Crippen molar-refractivity contribution in [3.63, 3.8) is 0 Å². The van der Waals surface area contributed by atoms with Crippen molar-refractivity contribution < 1.29 is 0 Å². The van der Waals surface area contributed by atoms with Gasteiger partial charge < -0.3 is 15.3 Å². The number of terminal acetylenes is 1. The van der Waals surface area contributed by atoms with Crippen molar-refractivity contribution in [2.24, 2.45) is 7.05 Å². The average molecular weight is 555 g/mol. The minimum atomic E-state index is -0.411. The summed E-state index contributed by atoms with van der Waals surface area (Å²) in [6.07, 6.45) is 13.7.